The van der Waals surface area contributed by atoms with Crippen molar-refractivity contribution >= 4 is 5.91 Å². The molecule has 4 rings (SSSR count). The maximum Gasteiger partial charge on any atom is 0.257 e. The first kappa shape index (κ1) is 16.4. The summed E-state index contributed by atoms with van der Waals surface area (Å²) in [7, 11) is 0. The van der Waals surface area contributed by atoms with E-state index in [4.69, 9.17) is 4.52 Å². The second-order valence-electron chi connectivity index (χ2n) is 6.50. The lowest BCUT2D eigenvalue weighted by molar-refractivity contribution is -0.129. The average molecular weight is 351 g/mol. The molecule has 0 radical (unpaired) electrons. The van der Waals surface area contributed by atoms with Crippen LogP contribution in [0.15, 0.2) is 59.1 Å². The molecule has 1 aromatic heterocycles. The fraction of sp³-hybridized carbons (Fsp3) is 0.250. The van der Waals surface area contributed by atoms with Crippen LogP contribution in [0.5, 0.6) is 0 Å². The summed E-state index contributed by atoms with van der Waals surface area (Å²) in [5, 5.41) is 4.07. The minimum atomic E-state index is -0.285. The highest BCUT2D eigenvalue weighted by Crippen LogP contribution is 2.33. The zero-order valence-corrected chi connectivity index (χ0v) is 14.3. The van der Waals surface area contributed by atoms with Crippen LogP contribution < -0.4 is 0 Å². The third-order valence-corrected chi connectivity index (χ3v) is 4.81. The van der Waals surface area contributed by atoms with Gasteiger partial charge < -0.3 is 9.42 Å². The largest absolute Gasteiger partial charge is 0.335 e. The van der Waals surface area contributed by atoms with Crippen LogP contribution in [0.3, 0.4) is 0 Å². The number of carbonyl (C=O) groups excluding carboxylic acids is 1. The number of rotatable bonds is 4. The Bertz CT molecular complexity index is 908. The van der Waals surface area contributed by atoms with Gasteiger partial charge in [-0.15, -0.1) is 0 Å². The summed E-state index contributed by atoms with van der Waals surface area (Å²) in [6, 6.07) is 15.7. The molecule has 5 nitrogen and oxygen atoms in total. The number of hydrogen-bond acceptors (Lipinski definition) is 4. The maximum atomic E-state index is 13.1. The number of halogens is 1. The first-order valence-electron chi connectivity index (χ1n) is 8.56. The molecule has 2 unspecified atom stereocenters. The molecule has 0 spiro atoms. The van der Waals surface area contributed by atoms with Crippen molar-refractivity contribution in [3.63, 3.8) is 0 Å². The van der Waals surface area contributed by atoms with Crippen molar-refractivity contribution in [3.05, 3.63) is 71.8 Å². The molecule has 0 saturated carbocycles. The van der Waals surface area contributed by atoms with Crippen molar-refractivity contribution in [1.82, 2.24) is 15.0 Å². The zero-order valence-electron chi connectivity index (χ0n) is 14.3. The fourth-order valence-corrected chi connectivity index (χ4v) is 3.30. The number of benzene rings is 2. The van der Waals surface area contributed by atoms with E-state index in [9.17, 15) is 9.18 Å². The second-order valence-corrected chi connectivity index (χ2v) is 6.50. The Hall–Kier alpha value is -3.02. The molecule has 2 aromatic carbocycles. The van der Waals surface area contributed by atoms with Crippen LogP contribution in [0.4, 0.5) is 4.39 Å². The van der Waals surface area contributed by atoms with Crippen LogP contribution in [0, 0.1) is 5.82 Å². The summed E-state index contributed by atoms with van der Waals surface area (Å²) >= 11 is 0. The Kier molecular flexibility index (Phi) is 4.24. The van der Waals surface area contributed by atoms with E-state index in [0.717, 1.165) is 11.1 Å². The second kappa shape index (κ2) is 6.71. The topological polar surface area (TPSA) is 59.2 Å². The van der Waals surface area contributed by atoms with Crippen molar-refractivity contribution in [3.8, 4) is 11.5 Å². The van der Waals surface area contributed by atoms with E-state index in [-0.39, 0.29) is 23.7 Å². The molecule has 26 heavy (non-hydrogen) atoms. The van der Waals surface area contributed by atoms with Crippen molar-refractivity contribution in [1.29, 1.82) is 0 Å². The van der Waals surface area contributed by atoms with E-state index >= 15 is 0 Å². The van der Waals surface area contributed by atoms with Crippen molar-refractivity contribution in [2.75, 3.05) is 6.54 Å². The molecule has 0 N–H and O–H groups in total. The van der Waals surface area contributed by atoms with Crippen molar-refractivity contribution in [2.45, 2.75) is 25.3 Å². The average Bonchev–Trinajstić information content (AvgIpc) is 3.29. The van der Waals surface area contributed by atoms with Gasteiger partial charge in [0.25, 0.3) is 5.89 Å². The normalized spacial score (nSPS) is 18.3. The first-order valence-corrected chi connectivity index (χ1v) is 8.56. The van der Waals surface area contributed by atoms with Crippen LogP contribution in [0.2, 0.25) is 0 Å². The van der Waals surface area contributed by atoms with Crippen LogP contribution in [-0.4, -0.2) is 27.5 Å². The highest BCUT2D eigenvalue weighted by molar-refractivity contribution is 5.80. The molecule has 132 valence electrons. The molecule has 1 fully saturated rings. The Morgan fingerprint density at radius 1 is 1.15 bits per heavy atom. The number of carbonyl (C=O) groups is 1. The smallest absolute Gasteiger partial charge is 0.257 e. The van der Waals surface area contributed by atoms with Gasteiger partial charge in [0.15, 0.2) is 5.82 Å². The van der Waals surface area contributed by atoms with E-state index in [1.54, 1.807) is 17.0 Å². The molecule has 1 aliphatic heterocycles. The number of aromatic nitrogens is 2. The van der Waals surface area contributed by atoms with E-state index in [0.29, 0.717) is 24.7 Å². The van der Waals surface area contributed by atoms with E-state index in [1.165, 1.54) is 12.1 Å². The van der Waals surface area contributed by atoms with Crippen molar-refractivity contribution in [2.24, 2.45) is 0 Å². The Labute approximate surface area is 150 Å². The van der Waals surface area contributed by atoms with Gasteiger partial charge >= 0.3 is 0 Å². The zero-order chi connectivity index (χ0) is 18.1. The molecule has 0 aliphatic carbocycles. The Balaban J connectivity index is 1.51. The van der Waals surface area contributed by atoms with Gasteiger partial charge in [0.1, 0.15) is 5.82 Å². The number of amides is 1. The summed E-state index contributed by atoms with van der Waals surface area (Å²) in [4.78, 5) is 18.7. The molecule has 0 bridgehead atoms. The Morgan fingerprint density at radius 2 is 1.88 bits per heavy atom. The van der Waals surface area contributed by atoms with Gasteiger partial charge in [-0.25, -0.2) is 4.39 Å². The molecule has 2 heterocycles. The molecule has 2 atom stereocenters. The molecule has 3 aromatic rings. The monoisotopic (exact) mass is 351 g/mol. The molecule has 1 amide bonds. The van der Waals surface area contributed by atoms with Crippen LogP contribution in [-0.2, 0) is 4.79 Å². The summed E-state index contributed by atoms with van der Waals surface area (Å²) in [6.07, 6.45) is 0.347. The van der Waals surface area contributed by atoms with Gasteiger partial charge in [-0.1, -0.05) is 35.5 Å². The number of nitrogens with zero attached hydrogens (tertiary/aromatic N) is 3. The van der Waals surface area contributed by atoms with Gasteiger partial charge in [-0.05, 0) is 36.8 Å². The summed E-state index contributed by atoms with van der Waals surface area (Å²) < 4.78 is 18.5. The minimum Gasteiger partial charge on any atom is -0.335 e. The highest BCUT2D eigenvalue weighted by Gasteiger charge is 2.36. The summed E-state index contributed by atoms with van der Waals surface area (Å²) in [6.45, 7) is 2.46. The fourth-order valence-electron chi connectivity index (χ4n) is 3.30. The number of likely N-dealkylation sites (tertiary alicyclic amines) is 1. The maximum absolute atomic E-state index is 13.1. The van der Waals surface area contributed by atoms with Crippen LogP contribution in [0.1, 0.15) is 36.7 Å². The predicted molar refractivity (Wildman–Crippen MR) is 93.6 cm³/mol. The van der Waals surface area contributed by atoms with Crippen LogP contribution in [0.25, 0.3) is 11.5 Å². The van der Waals surface area contributed by atoms with E-state index in [1.807, 2.05) is 37.3 Å². The van der Waals surface area contributed by atoms with Gasteiger partial charge in [0.05, 0.1) is 6.04 Å². The summed E-state index contributed by atoms with van der Waals surface area (Å²) in [5.74, 6) is 0.653. The highest BCUT2D eigenvalue weighted by atomic mass is 19.1. The SMILES string of the molecule is CC(c1ccc(F)cc1)N1CC(c2noc(-c3ccccc3)n2)CC1=O. The quantitative estimate of drug-likeness (QED) is 0.714. The first-order chi connectivity index (χ1) is 12.6. The minimum absolute atomic E-state index is 0.0397. The third-order valence-electron chi connectivity index (χ3n) is 4.81. The van der Waals surface area contributed by atoms with Gasteiger partial charge in [0, 0.05) is 24.4 Å². The van der Waals surface area contributed by atoms with Crippen LogP contribution >= 0.6 is 0 Å². The lowest BCUT2D eigenvalue weighted by atomic mass is 10.1. The molecule has 1 saturated heterocycles. The van der Waals surface area contributed by atoms with Crippen molar-refractivity contribution < 1.29 is 13.7 Å². The third kappa shape index (κ3) is 3.10. The predicted octanol–water partition coefficient (Wildman–Crippen LogP) is 3.95. The molecule has 6 heteroatoms. The van der Waals surface area contributed by atoms with E-state index in [2.05, 4.69) is 10.1 Å². The molecule has 1 aliphatic rings. The lowest BCUT2D eigenvalue weighted by Gasteiger charge is -2.25. The van der Waals surface area contributed by atoms with Gasteiger partial charge in [0.2, 0.25) is 5.91 Å². The molecular formula is C20H18FN3O2. The van der Waals surface area contributed by atoms with E-state index < -0.39 is 0 Å². The lowest BCUT2D eigenvalue weighted by Crippen LogP contribution is -2.28. The summed E-state index contributed by atoms with van der Waals surface area (Å²) in [5.41, 5.74) is 1.76. The number of hydrogen-bond donors (Lipinski definition) is 0. The van der Waals surface area contributed by atoms with Gasteiger partial charge in [-0.3, -0.25) is 4.79 Å². The standard InChI is InChI=1S/C20H18FN3O2/c1-13(14-7-9-17(21)10-8-14)24-12-16(11-18(24)25)19-22-20(26-23-19)15-5-3-2-4-6-15/h2-10,13,16H,11-12H2,1H3. The Morgan fingerprint density at radius 3 is 2.62 bits per heavy atom. The van der Waals surface area contributed by atoms with Gasteiger partial charge in [-0.2, -0.15) is 4.98 Å². The molecular weight excluding hydrogens is 333 g/mol.